The number of benzene rings is 1. The van der Waals surface area contributed by atoms with E-state index in [0.717, 1.165) is 30.6 Å². The third-order valence-electron chi connectivity index (χ3n) is 6.44. The van der Waals surface area contributed by atoms with Crippen molar-refractivity contribution >= 4 is 0 Å². The lowest BCUT2D eigenvalue weighted by Gasteiger charge is -2.32. The van der Waals surface area contributed by atoms with Crippen LogP contribution in [0.25, 0.3) is 0 Å². The van der Waals surface area contributed by atoms with Gasteiger partial charge in [-0.3, -0.25) is 0 Å². The van der Waals surface area contributed by atoms with Gasteiger partial charge in [0, 0.05) is 11.5 Å². The summed E-state index contributed by atoms with van der Waals surface area (Å²) in [6.07, 6.45) is 13.7. The molecule has 148 valence electrons. The van der Waals surface area contributed by atoms with Crippen molar-refractivity contribution in [3.05, 3.63) is 35.4 Å². The topological polar surface area (TPSA) is 42.2 Å². The van der Waals surface area contributed by atoms with Gasteiger partial charge in [-0.15, -0.1) is 0 Å². The zero-order valence-electron chi connectivity index (χ0n) is 16.9. The first kappa shape index (κ1) is 20.4. The predicted molar refractivity (Wildman–Crippen MR) is 108 cm³/mol. The van der Waals surface area contributed by atoms with Crippen molar-refractivity contribution in [2.24, 2.45) is 17.8 Å². The Balaban J connectivity index is 1.31. The number of ether oxygens (including phenoxy) is 2. The Kier molecular flexibility index (Phi) is 8.17. The summed E-state index contributed by atoms with van der Waals surface area (Å²) in [6.45, 7) is 3.87. The van der Waals surface area contributed by atoms with Crippen molar-refractivity contribution in [1.82, 2.24) is 0 Å². The molecule has 2 fully saturated rings. The largest absolute Gasteiger partial charge is 0.348 e. The monoisotopic (exact) mass is 369 g/mol. The molecule has 1 saturated heterocycles. The average molecular weight is 370 g/mol. The van der Waals surface area contributed by atoms with E-state index in [2.05, 4.69) is 13.0 Å². The molecule has 0 spiro atoms. The zero-order chi connectivity index (χ0) is 18.9. The summed E-state index contributed by atoms with van der Waals surface area (Å²) in [5.41, 5.74) is 1.68. The van der Waals surface area contributed by atoms with Crippen LogP contribution in [0, 0.1) is 29.1 Å². The first-order valence-corrected chi connectivity index (χ1v) is 11.0. The van der Waals surface area contributed by atoms with Crippen molar-refractivity contribution in [1.29, 1.82) is 5.26 Å². The molecule has 1 aliphatic heterocycles. The van der Waals surface area contributed by atoms with E-state index < -0.39 is 0 Å². The highest BCUT2D eigenvalue weighted by Crippen LogP contribution is 2.36. The molecule has 2 aliphatic rings. The summed E-state index contributed by atoms with van der Waals surface area (Å²) in [4.78, 5) is 0. The maximum Gasteiger partial charge on any atom is 0.183 e. The molecule has 0 bridgehead atoms. The highest BCUT2D eigenvalue weighted by Gasteiger charge is 2.26. The third kappa shape index (κ3) is 6.33. The van der Waals surface area contributed by atoms with E-state index in [9.17, 15) is 0 Å². The molecule has 27 heavy (non-hydrogen) atoms. The van der Waals surface area contributed by atoms with Gasteiger partial charge in [-0.1, -0.05) is 76.8 Å². The van der Waals surface area contributed by atoms with Gasteiger partial charge in [0.2, 0.25) is 0 Å². The Bertz CT molecular complexity index is 575. The Morgan fingerprint density at radius 1 is 0.852 bits per heavy atom. The molecular weight excluding hydrogens is 334 g/mol. The molecule has 3 heteroatoms. The van der Waals surface area contributed by atoms with Gasteiger partial charge in [-0.25, -0.2) is 0 Å². The fourth-order valence-electron chi connectivity index (χ4n) is 4.58. The number of hydrogen-bond donors (Lipinski definition) is 0. The van der Waals surface area contributed by atoms with Crippen molar-refractivity contribution < 1.29 is 9.47 Å². The van der Waals surface area contributed by atoms with E-state index in [1.165, 1.54) is 64.2 Å². The first-order valence-electron chi connectivity index (χ1n) is 11.0. The normalized spacial score (nSPS) is 28.6. The van der Waals surface area contributed by atoms with Crippen molar-refractivity contribution in [2.45, 2.75) is 77.4 Å². The molecule has 0 unspecified atom stereocenters. The maximum absolute atomic E-state index is 8.89. The highest BCUT2D eigenvalue weighted by atomic mass is 16.7. The molecule has 1 aliphatic carbocycles. The van der Waals surface area contributed by atoms with Crippen molar-refractivity contribution in [3.8, 4) is 6.07 Å². The molecule has 1 saturated carbocycles. The third-order valence-corrected chi connectivity index (χ3v) is 6.44. The molecule has 1 aromatic carbocycles. The molecule has 0 radical (unpaired) electrons. The molecule has 0 aromatic heterocycles. The van der Waals surface area contributed by atoms with Gasteiger partial charge in [0.25, 0.3) is 0 Å². The van der Waals surface area contributed by atoms with Gasteiger partial charge < -0.3 is 9.47 Å². The van der Waals surface area contributed by atoms with Crippen LogP contribution in [0.2, 0.25) is 0 Å². The first-order chi connectivity index (χ1) is 13.3. The summed E-state index contributed by atoms with van der Waals surface area (Å²) >= 11 is 0. The second-order valence-electron chi connectivity index (χ2n) is 8.56. The fraction of sp³-hybridized carbons (Fsp3) is 0.708. The number of nitriles is 1. The number of hydrogen-bond acceptors (Lipinski definition) is 3. The lowest BCUT2D eigenvalue weighted by atomic mass is 9.77. The van der Waals surface area contributed by atoms with Gasteiger partial charge in [0.15, 0.2) is 6.29 Å². The Morgan fingerprint density at radius 3 is 2.04 bits per heavy atom. The molecule has 0 amide bonds. The minimum Gasteiger partial charge on any atom is -0.348 e. The lowest BCUT2D eigenvalue weighted by molar-refractivity contribution is -0.206. The van der Waals surface area contributed by atoms with Crippen LogP contribution in [0.1, 0.15) is 88.5 Å². The van der Waals surface area contributed by atoms with Crippen LogP contribution in [-0.4, -0.2) is 13.2 Å². The van der Waals surface area contributed by atoms with E-state index >= 15 is 0 Å². The fourth-order valence-corrected chi connectivity index (χ4v) is 4.58. The minimum atomic E-state index is -0.271. The van der Waals surface area contributed by atoms with Crippen LogP contribution in [0.3, 0.4) is 0 Å². The van der Waals surface area contributed by atoms with Gasteiger partial charge in [0.1, 0.15) is 0 Å². The van der Waals surface area contributed by atoms with Gasteiger partial charge >= 0.3 is 0 Å². The van der Waals surface area contributed by atoms with Gasteiger partial charge in [-0.2, -0.15) is 5.26 Å². The van der Waals surface area contributed by atoms with E-state index in [1.807, 2.05) is 24.3 Å². The molecular formula is C24H35NO2. The van der Waals surface area contributed by atoms with E-state index in [4.69, 9.17) is 14.7 Å². The highest BCUT2D eigenvalue weighted by molar-refractivity contribution is 5.32. The summed E-state index contributed by atoms with van der Waals surface area (Å²) in [6, 6.07) is 9.66. The van der Waals surface area contributed by atoms with Gasteiger partial charge in [0.05, 0.1) is 24.8 Å². The average Bonchev–Trinajstić information content (AvgIpc) is 2.74. The smallest absolute Gasteiger partial charge is 0.183 e. The Hall–Kier alpha value is -1.37. The zero-order valence-corrected chi connectivity index (χ0v) is 16.9. The summed E-state index contributed by atoms with van der Waals surface area (Å²) in [5, 5.41) is 8.89. The number of rotatable bonds is 8. The van der Waals surface area contributed by atoms with E-state index in [-0.39, 0.29) is 6.29 Å². The Morgan fingerprint density at radius 2 is 1.44 bits per heavy atom. The number of nitrogens with zero attached hydrogens (tertiary/aromatic N) is 1. The van der Waals surface area contributed by atoms with Crippen LogP contribution in [-0.2, 0) is 9.47 Å². The predicted octanol–water partition coefficient (Wildman–Crippen LogP) is 6.39. The van der Waals surface area contributed by atoms with Crippen molar-refractivity contribution in [2.75, 3.05) is 13.2 Å². The maximum atomic E-state index is 8.89. The molecule has 3 nitrogen and oxygen atoms in total. The molecule has 1 aromatic rings. The second-order valence-corrected chi connectivity index (χ2v) is 8.56. The van der Waals surface area contributed by atoms with Crippen LogP contribution >= 0.6 is 0 Å². The molecule has 0 atom stereocenters. The van der Waals surface area contributed by atoms with Gasteiger partial charge in [-0.05, 0) is 30.4 Å². The van der Waals surface area contributed by atoms with Crippen molar-refractivity contribution in [3.63, 3.8) is 0 Å². The Labute approximate surface area is 165 Å². The lowest BCUT2D eigenvalue weighted by Crippen LogP contribution is -2.28. The van der Waals surface area contributed by atoms with E-state index in [0.29, 0.717) is 11.5 Å². The number of unbranched alkanes of at least 4 members (excludes halogenated alkanes) is 2. The van der Waals surface area contributed by atoms with Crippen LogP contribution in [0.15, 0.2) is 24.3 Å². The second kappa shape index (κ2) is 10.8. The van der Waals surface area contributed by atoms with E-state index in [1.54, 1.807) is 0 Å². The summed E-state index contributed by atoms with van der Waals surface area (Å²) < 4.78 is 11.9. The standard InChI is InChI=1S/C24H35NO2/c1-2-3-4-5-19-6-8-20(9-7-19)10-11-22-17-26-24(27-18-22)23-14-12-21(16-25)13-15-23/h12-15,19-20,22,24H,2-11,17-18H2,1H3. The van der Waals surface area contributed by atoms with Crippen LogP contribution < -0.4 is 0 Å². The molecule has 0 N–H and O–H groups in total. The molecule has 3 rings (SSSR count). The van der Waals surface area contributed by atoms with Crippen LogP contribution in [0.5, 0.6) is 0 Å². The SMILES string of the molecule is CCCCCC1CCC(CCC2COC(c3ccc(C#N)cc3)OC2)CC1. The molecule has 1 heterocycles. The minimum absolute atomic E-state index is 0.271. The summed E-state index contributed by atoms with van der Waals surface area (Å²) in [5.74, 6) is 2.45. The quantitative estimate of drug-likeness (QED) is 0.499. The van der Waals surface area contributed by atoms with Crippen LogP contribution in [0.4, 0.5) is 0 Å². The summed E-state index contributed by atoms with van der Waals surface area (Å²) in [7, 11) is 0.